The second-order valence-corrected chi connectivity index (χ2v) is 6.49. The van der Waals surface area contributed by atoms with Crippen LogP contribution >= 0.6 is 0 Å². The van der Waals surface area contributed by atoms with E-state index >= 15 is 0 Å². The fourth-order valence-electron chi connectivity index (χ4n) is 2.63. The number of benzene rings is 1. The highest BCUT2D eigenvalue weighted by Crippen LogP contribution is 2.39. The van der Waals surface area contributed by atoms with Crippen LogP contribution in [-0.4, -0.2) is 33.8 Å². The van der Waals surface area contributed by atoms with Gasteiger partial charge in [0.15, 0.2) is 6.61 Å². The van der Waals surface area contributed by atoms with E-state index < -0.39 is 36.3 Å². The summed E-state index contributed by atoms with van der Waals surface area (Å²) in [6.07, 6.45) is 1.76. The van der Waals surface area contributed by atoms with E-state index in [-0.39, 0.29) is 11.8 Å². The molecule has 27 heavy (non-hydrogen) atoms. The number of nitrogens with zero attached hydrogens (tertiary/aromatic N) is 3. The molecule has 140 valence electrons. The number of esters is 1. The van der Waals surface area contributed by atoms with E-state index in [1.165, 1.54) is 0 Å². The molecule has 1 amide bonds. The molecule has 0 bridgehead atoms. The van der Waals surface area contributed by atoms with Gasteiger partial charge in [-0.15, -0.1) is 5.10 Å². The lowest BCUT2D eigenvalue weighted by atomic mass is 9.98. The van der Waals surface area contributed by atoms with E-state index in [1.54, 1.807) is 31.2 Å². The van der Waals surface area contributed by atoms with Crippen molar-refractivity contribution < 1.29 is 18.7 Å². The number of hydrogen-bond acceptors (Lipinski definition) is 7. The molecule has 1 saturated carbocycles. The molecule has 0 saturated heterocycles. The maximum Gasteiger partial charge on any atom is 0.437 e. The van der Waals surface area contributed by atoms with E-state index in [1.807, 2.05) is 6.07 Å². The third-order valence-corrected chi connectivity index (χ3v) is 4.30. The smallest absolute Gasteiger partial charge is 0.437 e. The standard InChI is InChI=1S/C18H18N4O5/c1-18(11-19,13-7-8-13)20-14(23)10-26-15(24)9-22-17(25)27-16(21-22)12-5-3-2-4-6-12/h2-6,13H,7-10H2,1H3,(H,20,23)/t18-/m0/s1. The van der Waals surface area contributed by atoms with Crippen molar-refractivity contribution in [2.24, 2.45) is 5.92 Å². The van der Waals surface area contributed by atoms with Gasteiger partial charge in [-0.1, -0.05) is 18.2 Å². The number of hydrogen-bond donors (Lipinski definition) is 1. The summed E-state index contributed by atoms with van der Waals surface area (Å²) in [4.78, 5) is 35.6. The van der Waals surface area contributed by atoms with Gasteiger partial charge in [-0.05, 0) is 37.8 Å². The Morgan fingerprint density at radius 2 is 2.11 bits per heavy atom. The zero-order chi connectivity index (χ0) is 19.4. The first kappa shape index (κ1) is 18.4. The van der Waals surface area contributed by atoms with E-state index in [0.29, 0.717) is 5.56 Å². The molecule has 1 aromatic heterocycles. The Hall–Kier alpha value is -3.41. The summed E-state index contributed by atoms with van der Waals surface area (Å²) in [6.45, 7) is 0.617. The first-order valence-corrected chi connectivity index (χ1v) is 8.42. The van der Waals surface area contributed by atoms with Crippen molar-refractivity contribution >= 4 is 11.9 Å². The average molecular weight is 370 g/mol. The van der Waals surface area contributed by atoms with Gasteiger partial charge in [0.25, 0.3) is 5.91 Å². The number of ether oxygens (including phenoxy) is 1. The molecular formula is C18H18N4O5. The third-order valence-electron chi connectivity index (χ3n) is 4.30. The molecule has 1 fully saturated rings. The molecule has 1 aromatic carbocycles. The molecule has 0 spiro atoms. The van der Waals surface area contributed by atoms with Crippen LogP contribution < -0.4 is 11.1 Å². The molecule has 1 aliphatic rings. The van der Waals surface area contributed by atoms with E-state index in [0.717, 1.165) is 17.5 Å². The summed E-state index contributed by atoms with van der Waals surface area (Å²) in [5.74, 6) is -1.99. The van der Waals surface area contributed by atoms with Gasteiger partial charge in [-0.3, -0.25) is 9.59 Å². The van der Waals surface area contributed by atoms with Crippen molar-refractivity contribution in [1.29, 1.82) is 5.26 Å². The third kappa shape index (κ3) is 4.41. The second kappa shape index (κ2) is 7.45. The quantitative estimate of drug-likeness (QED) is 0.716. The van der Waals surface area contributed by atoms with Crippen molar-refractivity contribution in [3.8, 4) is 17.5 Å². The SMILES string of the molecule is C[C@@](C#N)(NC(=O)COC(=O)Cn1nc(-c2ccccc2)oc1=O)C1CC1. The van der Waals surface area contributed by atoms with Gasteiger partial charge in [0, 0.05) is 5.56 Å². The predicted octanol–water partition coefficient (Wildman–Crippen LogP) is 0.855. The molecule has 1 heterocycles. The van der Waals surface area contributed by atoms with Crippen LogP contribution in [0, 0.1) is 17.2 Å². The topological polar surface area (TPSA) is 127 Å². The molecule has 1 N–H and O–H groups in total. The van der Waals surface area contributed by atoms with Crippen LogP contribution in [0.1, 0.15) is 19.8 Å². The lowest BCUT2D eigenvalue weighted by Crippen LogP contribution is -2.48. The number of carbonyl (C=O) groups excluding carboxylic acids is 2. The van der Waals surface area contributed by atoms with Crippen LogP contribution in [0.2, 0.25) is 0 Å². The average Bonchev–Trinajstić information content (AvgIpc) is 3.46. The predicted molar refractivity (Wildman–Crippen MR) is 92.0 cm³/mol. The fourth-order valence-corrected chi connectivity index (χ4v) is 2.63. The first-order valence-electron chi connectivity index (χ1n) is 8.42. The summed E-state index contributed by atoms with van der Waals surface area (Å²) in [7, 11) is 0. The van der Waals surface area contributed by atoms with Crippen LogP contribution in [0.3, 0.4) is 0 Å². The summed E-state index contributed by atoms with van der Waals surface area (Å²) >= 11 is 0. The highest BCUT2D eigenvalue weighted by Gasteiger charge is 2.43. The van der Waals surface area contributed by atoms with Crippen LogP contribution in [0.4, 0.5) is 0 Å². The second-order valence-electron chi connectivity index (χ2n) is 6.49. The lowest BCUT2D eigenvalue weighted by molar-refractivity contribution is -0.149. The van der Waals surface area contributed by atoms with Crippen LogP contribution in [0.25, 0.3) is 11.5 Å². The summed E-state index contributed by atoms with van der Waals surface area (Å²) in [5.41, 5.74) is -0.367. The molecular weight excluding hydrogens is 352 g/mol. The molecule has 0 radical (unpaired) electrons. The minimum atomic E-state index is -0.961. The Balaban J connectivity index is 1.54. The van der Waals surface area contributed by atoms with Gasteiger partial charge in [0.05, 0.1) is 6.07 Å². The number of nitrogens with one attached hydrogen (secondary N) is 1. The summed E-state index contributed by atoms with van der Waals surface area (Å²) < 4.78 is 10.7. The van der Waals surface area contributed by atoms with Crippen LogP contribution in [0.5, 0.6) is 0 Å². The van der Waals surface area contributed by atoms with Crippen LogP contribution in [-0.2, 0) is 20.9 Å². The Bertz CT molecular complexity index is 939. The molecule has 0 aliphatic heterocycles. The highest BCUT2D eigenvalue weighted by atomic mass is 16.5. The zero-order valence-corrected chi connectivity index (χ0v) is 14.7. The molecule has 2 aromatic rings. The highest BCUT2D eigenvalue weighted by molar-refractivity contribution is 5.81. The Morgan fingerprint density at radius 3 is 2.74 bits per heavy atom. The molecule has 1 aliphatic carbocycles. The summed E-state index contributed by atoms with van der Waals surface area (Å²) in [6, 6.07) is 10.8. The van der Waals surface area contributed by atoms with Gasteiger partial charge in [0.2, 0.25) is 5.89 Å². The van der Waals surface area contributed by atoms with E-state index in [4.69, 9.17) is 9.15 Å². The van der Waals surface area contributed by atoms with Crippen LogP contribution in [0.15, 0.2) is 39.5 Å². The molecule has 3 rings (SSSR count). The monoisotopic (exact) mass is 370 g/mol. The molecule has 0 unspecified atom stereocenters. The van der Waals surface area contributed by atoms with Crippen molar-refractivity contribution in [3.05, 3.63) is 40.9 Å². The van der Waals surface area contributed by atoms with E-state index in [9.17, 15) is 19.6 Å². The maximum absolute atomic E-state index is 11.9. The lowest BCUT2D eigenvalue weighted by Gasteiger charge is -2.22. The Morgan fingerprint density at radius 1 is 1.41 bits per heavy atom. The number of carbonyl (C=O) groups is 2. The van der Waals surface area contributed by atoms with Crippen molar-refractivity contribution in [3.63, 3.8) is 0 Å². The van der Waals surface area contributed by atoms with Crippen molar-refractivity contribution in [2.45, 2.75) is 31.8 Å². The van der Waals surface area contributed by atoms with Gasteiger partial charge in [-0.25, -0.2) is 4.79 Å². The molecule has 9 nitrogen and oxygen atoms in total. The minimum absolute atomic E-state index is 0.0837. The largest absolute Gasteiger partial charge is 0.454 e. The van der Waals surface area contributed by atoms with Gasteiger partial charge < -0.3 is 14.5 Å². The van der Waals surface area contributed by atoms with Gasteiger partial charge in [0.1, 0.15) is 12.1 Å². The summed E-state index contributed by atoms with van der Waals surface area (Å²) in [5, 5.41) is 15.7. The van der Waals surface area contributed by atoms with Gasteiger partial charge in [-0.2, -0.15) is 9.94 Å². The normalized spacial score (nSPS) is 15.4. The molecule has 1 atom stereocenters. The van der Waals surface area contributed by atoms with Gasteiger partial charge >= 0.3 is 11.7 Å². The fraction of sp³-hybridized carbons (Fsp3) is 0.389. The Kier molecular flexibility index (Phi) is 5.07. The maximum atomic E-state index is 11.9. The molecule has 9 heteroatoms. The van der Waals surface area contributed by atoms with Crippen molar-refractivity contribution in [2.75, 3.05) is 6.61 Å². The number of aromatic nitrogens is 2. The zero-order valence-electron chi connectivity index (χ0n) is 14.7. The first-order chi connectivity index (χ1) is 12.9. The minimum Gasteiger partial charge on any atom is -0.454 e. The van der Waals surface area contributed by atoms with Crippen molar-refractivity contribution in [1.82, 2.24) is 15.1 Å². The number of nitriles is 1. The number of rotatable bonds is 7. The Labute approximate surface area is 154 Å². The van der Waals surface area contributed by atoms with E-state index in [2.05, 4.69) is 16.5 Å². The number of amides is 1.